The number of ether oxygens (including phenoxy) is 1. The minimum absolute atomic E-state index is 0.00527. The predicted molar refractivity (Wildman–Crippen MR) is 148 cm³/mol. The summed E-state index contributed by atoms with van der Waals surface area (Å²) in [7, 11) is -2.01. The number of anilines is 1. The molecule has 0 aromatic heterocycles. The van der Waals surface area contributed by atoms with Gasteiger partial charge in [0.25, 0.3) is 0 Å². The summed E-state index contributed by atoms with van der Waals surface area (Å²) in [4.78, 5) is 28.2. The van der Waals surface area contributed by atoms with Gasteiger partial charge in [-0.1, -0.05) is 43.7 Å². The van der Waals surface area contributed by atoms with Crippen LogP contribution in [0.3, 0.4) is 0 Å². The van der Waals surface area contributed by atoms with Crippen molar-refractivity contribution in [2.45, 2.75) is 72.0 Å². The van der Waals surface area contributed by atoms with Gasteiger partial charge in [-0.2, -0.15) is 0 Å². The zero-order valence-electron chi connectivity index (χ0n) is 22.9. The summed E-state index contributed by atoms with van der Waals surface area (Å²) in [6.45, 7) is 8.28. The van der Waals surface area contributed by atoms with Crippen LogP contribution in [0.15, 0.2) is 48.5 Å². The van der Waals surface area contributed by atoms with Crippen LogP contribution in [0.5, 0.6) is 5.75 Å². The van der Waals surface area contributed by atoms with Gasteiger partial charge >= 0.3 is 0 Å². The summed E-state index contributed by atoms with van der Waals surface area (Å²) in [6, 6.07) is 14.0. The first-order chi connectivity index (χ1) is 17.5. The summed E-state index contributed by atoms with van der Waals surface area (Å²) in [6.07, 6.45) is 2.84. The Morgan fingerprint density at radius 3 is 2.14 bits per heavy atom. The van der Waals surface area contributed by atoms with E-state index in [0.717, 1.165) is 23.8 Å². The molecule has 0 aliphatic heterocycles. The fourth-order valence-electron chi connectivity index (χ4n) is 4.00. The van der Waals surface area contributed by atoms with Crippen molar-refractivity contribution in [2.24, 2.45) is 0 Å². The van der Waals surface area contributed by atoms with Gasteiger partial charge < -0.3 is 15.0 Å². The third-order valence-corrected chi connectivity index (χ3v) is 7.57. The third-order valence-electron chi connectivity index (χ3n) is 6.37. The van der Waals surface area contributed by atoms with Crippen molar-refractivity contribution < 1.29 is 22.7 Å². The average Bonchev–Trinajstić information content (AvgIpc) is 2.86. The molecule has 0 radical (unpaired) electrons. The maximum absolute atomic E-state index is 13.5. The van der Waals surface area contributed by atoms with E-state index in [0.29, 0.717) is 30.8 Å². The Labute approximate surface area is 222 Å². The Morgan fingerprint density at radius 2 is 1.62 bits per heavy atom. The van der Waals surface area contributed by atoms with E-state index in [2.05, 4.69) is 5.32 Å². The van der Waals surface area contributed by atoms with Gasteiger partial charge in [0.2, 0.25) is 21.8 Å². The largest absolute Gasteiger partial charge is 0.497 e. The van der Waals surface area contributed by atoms with E-state index in [4.69, 9.17) is 4.74 Å². The molecule has 204 valence electrons. The highest BCUT2D eigenvalue weighted by atomic mass is 32.2. The molecule has 0 saturated heterocycles. The molecule has 0 fully saturated rings. The minimum atomic E-state index is -3.56. The van der Waals surface area contributed by atoms with Crippen molar-refractivity contribution in [1.82, 2.24) is 10.2 Å². The Kier molecular flexibility index (Phi) is 11.4. The van der Waals surface area contributed by atoms with Crippen LogP contribution in [-0.4, -0.2) is 57.1 Å². The molecule has 2 aromatic carbocycles. The van der Waals surface area contributed by atoms with Gasteiger partial charge in [0.15, 0.2) is 0 Å². The van der Waals surface area contributed by atoms with Gasteiger partial charge in [-0.25, -0.2) is 8.42 Å². The fraction of sp³-hybridized carbons (Fsp3) is 0.500. The molecule has 37 heavy (non-hydrogen) atoms. The standard InChI is InChI=1S/C28H41N3O5S/c1-7-22(4)29-28(33)26(8-2)30(20-23-13-11-21(3)12-14-23)27(32)10-9-19-31(37(6,34)35)24-15-17-25(36-5)18-16-24/h11-18,22,26H,7-10,19-20H2,1-6H3,(H,29,33)/t22-,26-/m1/s1. The van der Waals surface area contributed by atoms with Crippen LogP contribution in [-0.2, 0) is 26.2 Å². The van der Waals surface area contributed by atoms with Crippen LogP contribution in [0.4, 0.5) is 5.69 Å². The fourth-order valence-corrected chi connectivity index (χ4v) is 4.97. The number of carbonyl (C=O) groups is 2. The lowest BCUT2D eigenvalue weighted by Crippen LogP contribution is -2.50. The van der Waals surface area contributed by atoms with E-state index >= 15 is 0 Å². The van der Waals surface area contributed by atoms with E-state index in [1.807, 2.05) is 52.0 Å². The highest BCUT2D eigenvalue weighted by Crippen LogP contribution is 2.22. The van der Waals surface area contributed by atoms with E-state index in [1.165, 1.54) is 4.31 Å². The zero-order valence-corrected chi connectivity index (χ0v) is 23.7. The van der Waals surface area contributed by atoms with Gasteiger partial charge in [-0.15, -0.1) is 0 Å². The second-order valence-electron chi connectivity index (χ2n) is 9.39. The molecule has 1 N–H and O–H groups in total. The Morgan fingerprint density at radius 1 is 1.00 bits per heavy atom. The SMILES string of the molecule is CC[C@@H](C)NC(=O)[C@@H](CC)N(Cc1ccc(C)cc1)C(=O)CCCN(c1ccc(OC)cc1)S(C)(=O)=O. The number of hydrogen-bond donors (Lipinski definition) is 1. The molecule has 0 aliphatic rings. The van der Waals surface area contributed by atoms with E-state index in [9.17, 15) is 18.0 Å². The molecule has 0 spiro atoms. The van der Waals surface area contributed by atoms with Crippen molar-refractivity contribution in [3.05, 3.63) is 59.7 Å². The number of amides is 2. The summed E-state index contributed by atoms with van der Waals surface area (Å²) >= 11 is 0. The Bertz CT molecular complexity index is 1120. The summed E-state index contributed by atoms with van der Waals surface area (Å²) in [5.74, 6) is 0.267. The zero-order chi connectivity index (χ0) is 27.6. The van der Waals surface area contributed by atoms with Gasteiger partial charge in [-0.3, -0.25) is 13.9 Å². The number of nitrogens with zero attached hydrogens (tertiary/aromatic N) is 2. The first kappa shape index (κ1) is 30.2. The van der Waals surface area contributed by atoms with Gasteiger partial charge in [0.1, 0.15) is 11.8 Å². The predicted octanol–water partition coefficient (Wildman–Crippen LogP) is 4.27. The van der Waals surface area contributed by atoms with E-state index in [1.54, 1.807) is 36.3 Å². The minimum Gasteiger partial charge on any atom is -0.497 e. The van der Waals surface area contributed by atoms with Crippen molar-refractivity contribution in [3.8, 4) is 5.75 Å². The normalized spacial score (nSPS) is 12.9. The second kappa shape index (κ2) is 14.0. The van der Waals surface area contributed by atoms with Gasteiger partial charge in [-0.05, 0) is 62.9 Å². The number of hydrogen-bond acceptors (Lipinski definition) is 5. The molecule has 9 heteroatoms. The number of aryl methyl sites for hydroxylation is 1. The number of carbonyl (C=O) groups excluding carboxylic acids is 2. The van der Waals surface area contributed by atoms with Crippen LogP contribution >= 0.6 is 0 Å². The van der Waals surface area contributed by atoms with Crippen LogP contribution in [0.25, 0.3) is 0 Å². The van der Waals surface area contributed by atoms with E-state index < -0.39 is 16.1 Å². The molecular formula is C28H41N3O5S. The van der Waals surface area contributed by atoms with Gasteiger partial charge in [0.05, 0.1) is 19.1 Å². The smallest absolute Gasteiger partial charge is 0.243 e. The molecule has 0 aliphatic carbocycles. The van der Waals surface area contributed by atoms with Crippen molar-refractivity contribution in [3.63, 3.8) is 0 Å². The molecule has 0 heterocycles. The average molecular weight is 532 g/mol. The highest BCUT2D eigenvalue weighted by Gasteiger charge is 2.29. The number of sulfonamides is 1. The van der Waals surface area contributed by atoms with E-state index in [-0.39, 0.29) is 30.8 Å². The van der Waals surface area contributed by atoms with Crippen LogP contribution in [0.1, 0.15) is 57.6 Å². The Hall–Kier alpha value is -3.07. The maximum atomic E-state index is 13.5. The number of nitrogens with one attached hydrogen (secondary N) is 1. The monoisotopic (exact) mass is 531 g/mol. The topological polar surface area (TPSA) is 96.0 Å². The first-order valence-electron chi connectivity index (χ1n) is 12.8. The van der Waals surface area contributed by atoms with Crippen molar-refractivity contribution in [2.75, 3.05) is 24.2 Å². The summed E-state index contributed by atoms with van der Waals surface area (Å²) in [5, 5.41) is 3.01. The molecule has 2 rings (SSSR count). The molecule has 2 amide bonds. The summed E-state index contributed by atoms with van der Waals surface area (Å²) < 4.78 is 31.4. The maximum Gasteiger partial charge on any atom is 0.243 e. The molecule has 2 atom stereocenters. The molecular weight excluding hydrogens is 490 g/mol. The van der Waals surface area contributed by atoms with Crippen LogP contribution < -0.4 is 14.4 Å². The first-order valence-corrected chi connectivity index (χ1v) is 14.6. The quantitative estimate of drug-likeness (QED) is 0.393. The lowest BCUT2D eigenvalue weighted by molar-refractivity contribution is -0.141. The molecule has 0 saturated carbocycles. The number of methoxy groups -OCH3 is 1. The summed E-state index contributed by atoms with van der Waals surface area (Å²) in [5.41, 5.74) is 2.55. The lowest BCUT2D eigenvalue weighted by Gasteiger charge is -2.32. The Balaban J connectivity index is 2.21. The van der Waals surface area contributed by atoms with Crippen molar-refractivity contribution in [1.29, 1.82) is 0 Å². The van der Waals surface area contributed by atoms with Crippen molar-refractivity contribution >= 4 is 27.5 Å². The van der Waals surface area contributed by atoms with Crippen LogP contribution in [0, 0.1) is 6.92 Å². The molecule has 2 aromatic rings. The lowest BCUT2D eigenvalue weighted by atomic mass is 10.1. The highest BCUT2D eigenvalue weighted by molar-refractivity contribution is 7.92. The number of benzene rings is 2. The van der Waals surface area contributed by atoms with Gasteiger partial charge in [0, 0.05) is 25.6 Å². The second-order valence-corrected chi connectivity index (χ2v) is 11.3. The molecule has 8 nitrogen and oxygen atoms in total. The van der Waals surface area contributed by atoms with Crippen LogP contribution in [0.2, 0.25) is 0 Å². The molecule has 0 bridgehead atoms. The number of rotatable bonds is 14. The third kappa shape index (κ3) is 9.07. The molecule has 0 unspecified atom stereocenters.